The molecule has 1 aliphatic rings. The quantitative estimate of drug-likeness (QED) is 0.814. The lowest BCUT2D eigenvalue weighted by Gasteiger charge is -2.22. The zero-order chi connectivity index (χ0) is 12.8. The zero-order valence-corrected chi connectivity index (χ0v) is 10.6. The third-order valence-electron chi connectivity index (χ3n) is 2.79. The summed E-state index contributed by atoms with van der Waals surface area (Å²) in [5.41, 5.74) is 1.49. The number of hydrogen-bond donors (Lipinski definition) is 1. The molecule has 5 nitrogen and oxygen atoms in total. The van der Waals surface area contributed by atoms with Crippen LogP contribution in [0.4, 0.5) is 0 Å². The lowest BCUT2D eigenvalue weighted by Crippen LogP contribution is -2.25. The predicted octanol–water partition coefficient (Wildman–Crippen LogP) is 1.89. The highest BCUT2D eigenvalue weighted by atomic mass is 16.7. The van der Waals surface area contributed by atoms with Gasteiger partial charge >= 0.3 is 5.97 Å². The second kappa shape index (κ2) is 6.56. The maximum absolute atomic E-state index is 11.5. The lowest BCUT2D eigenvalue weighted by atomic mass is 10.2. The summed E-state index contributed by atoms with van der Waals surface area (Å²) in [7, 11) is 0. The number of hydrogen-bond acceptors (Lipinski definition) is 4. The summed E-state index contributed by atoms with van der Waals surface area (Å²) >= 11 is 0. The standard InChI is InChI=1S/C13H19NO4/c1-2-16-13(15)11-6-4-10(14-11)5-7-12-17-8-3-9-18-12/h4,6,12,14H,2-3,5,7-9H2,1H3. The summed E-state index contributed by atoms with van der Waals surface area (Å²) in [5, 5.41) is 0. The number of H-pyrrole nitrogens is 1. The van der Waals surface area contributed by atoms with E-state index in [1.807, 2.05) is 6.07 Å². The first kappa shape index (κ1) is 13.1. The molecule has 0 aromatic carbocycles. The average molecular weight is 253 g/mol. The highest BCUT2D eigenvalue weighted by molar-refractivity contribution is 5.87. The van der Waals surface area contributed by atoms with E-state index in [1.165, 1.54) is 0 Å². The van der Waals surface area contributed by atoms with Gasteiger partial charge in [0.1, 0.15) is 5.69 Å². The molecule has 0 spiro atoms. The number of aromatic amines is 1. The maximum Gasteiger partial charge on any atom is 0.354 e. The number of esters is 1. The van der Waals surface area contributed by atoms with Gasteiger partial charge in [-0.05, 0) is 31.9 Å². The summed E-state index contributed by atoms with van der Waals surface area (Å²) in [4.78, 5) is 14.5. The summed E-state index contributed by atoms with van der Waals surface area (Å²) in [6, 6.07) is 3.64. The van der Waals surface area contributed by atoms with Crippen LogP contribution in [0.5, 0.6) is 0 Å². The van der Waals surface area contributed by atoms with Crippen LogP contribution in [0.25, 0.3) is 0 Å². The maximum atomic E-state index is 11.5. The highest BCUT2D eigenvalue weighted by Crippen LogP contribution is 2.13. The molecule has 2 heterocycles. The monoisotopic (exact) mass is 253 g/mol. The van der Waals surface area contributed by atoms with Crippen molar-refractivity contribution in [3.63, 3.8) is 0 Å². The number of nitrogens with one attached hydrogen (secondary N) is 1. The molecule has 0 aliphatic carbocycles. The number of aromatic nitrogens is 1. The van der Waals surface area contributed by atoms with E-state index in [1.54, 1.807) is 13.0 Å². The van der Waals surface area contributed by atoms with Crippen molar-refractivity contribution in [3.8, 4) is 0 Å². The third kappa shape index (κ3) is 3.58. The van der Waals surface area contributed by atoms with Crippen molar-refractivity contribution in [1.82, 2.24) is 4.98 Å². The Morgan fingerprint density at radius 3 is 2.94 bits per heavy atom. The van der Waals surface area contributed by atoms with E-state index in [2.05, 4.69) is 4.98 Å². The van der Waals surface area contributed by atoms with E-state index in [-0.39, 0.29) is 12.3 Å². The van der Waals surface area contributed by atoms with Gasteiger partial charge in [0.15, 0.2) is 6.29 Å². The van der Waals surface area contributed by atoms with Gasteiger partial charge < -0.3 is 19.2 Å². The van der Waals surface area contributed by atoms with Crippen molar-refractivity contribution in [2.24, 2.45) is 0 Å². The molecular weight excluding hydrogens is 234 g/mol. The molecule has 1 aromatic heterocycles. The minimum Gasteiger partial charge on any atom is -0.461 e. The van der Waals surface area contributed by atoms with Crippen LogP contribution in [0.2, 0.25) is 0 Å². The Bertz CT molecular complexity index is 382. The number of carbonyl (C=O) groups excluding carboxylic acids is 1. The van der Waals surface area contributed by atoms with Gasteiger partial charge in [0, 0.05) is 12.1 Å². The van der Waals surface area contributed by atoms with Crippen LogP contribution < -0.4 is 0 Å². The fraction of sp³-hybridized carbons (Fsp3) is 0.615. The fourth-order valence-electron chi connectivity index (χ4n) is 1.89. The topological polar surface area (TPSA) is 60.6 Å². The molecular formula is C13H19NO4. The van der Waals surface area contributed by atoms with Crippen molar-refractivity contribution in [2.75, 3.05) is 19.8 Å². The van der Waals surface area contributed by atoms with Crippen molar-refractivity contribution in [1.29, 1.82) is 0 Å². The van der Waals surface area contributed by atoms with Crippen molar-refractivity contribution in [3.05, 3.63) is 23.5 Å². The van der Waals surface area contributed by atoms with Gasteiger partial charge in [-0.25, -0.2) is 4.79 Å². The minimum atomic E-state index is -0.311. The summed E-state index contributed by atoms with van der Waals surface area (Å²) in [6.45, 7) is 3.71. The Labute approximate surface area is 106 Å². The van der Waals surface area contributed by atoms with Gasteiger partial charge in [-0.1, -0.05) is 0 Å². The molecule has 0 radical (unpaired) electrons. The van der Waals surface area contributed by atoms with Crippen molar-refractivity contribution < 1.29 is 19.0 Å². The smallest absolute Gasteiger partial charge is 0.354 e. The largest absolute Gasteiger partial charge is 0.461 e. The van der Waals surface area contributed by atoms with Crippen LogP contribution in [-0.4, -0.2) is 37.1 Å². The van der Waals surface area contributed by atoms with E-state index in [4.69, 9.17) is 14.2 Å². The molecule has 1 N–H and O–H groups in total. The van der Waals surface area contributed by atoms with Gasteiger partial charge in [0.05, 0.1) is 19.8 Å². The molecule has 5 heteroatoms. The second-order valence-corrected chi connectivity index (χ2v) is 4.18. The molecule has 0 atom stereocenters. The van der Waals surface area contributed by atoms with Crippen LogP contribution in [0.3, 0.4) is 0 Å². The van der Waals surface area contributed by atoms with E-state index < -0.39 is 0 Å². The molecule has 0 saturated carbocycles. The van der Waals surface area contributed by atoms with Crippen LogP contribution >= 0.6 is 0 Å². The second-order valence-electron chi connectivity index (χ2n) is 4.18. The Hall–Kier alpha value is -1.33. The lowest BCUT2D eigenvalue weighted by molar-refractivity contribution is -0.180. The molecule has 1 aliphatic heterocycles. The van der Waals surface area contributed by atoms with Gasteiger partial charge in [-0.3, -0.25) is 0 Å². The van der Waals surface area contributed by atoms with Crippen molar-refractivity contribution in [2.45, 2.75) is 32.5 Å². The van der Waals surface area contributed by atoms with Gasteiger partial charge in [0.2, 0.25) is 0 Å². The molecule has 18 heavy (non-hydrogen) atoms. The highest BCUT2D eigenvalue weighted by Gasteiger charge is 2.15. The Morgan fingerprint density at radius 1 is 1.44 bits per heavy atom. The predicted molar refractivity (Wildman–Crippen MR) is 65.4 cm³/mol. The first-order valence-corrected chi connectivity index (χ1v) is 6.38. The third-order valence-corrected chi connectivity index (χ3v) is 2.79. The van der Waals surface area contributed by atoms with Gasteiger partial charge in [-0.15, -0.1) is 0 Å². The molecule has 1 fully saturated rings. The molecule has 1 aromatic rings. The first-order chi connectivity index (χ1) is 8.79. The number of carbonyl (C=O) groups is 1. The van der Waals surface area contributed by atoms with Crippen LogP contribution in [0, 0.1) is 0 Å². The molecule has 0 amide bonds. The zero-order valence-electron chi connectivity index (χ0n) is 10.6. The molecule has 1 saturated heterocycles. The molecule has 0 bridgehead atoms. The van der Waals surface area contributed by atoms with Gasteiger partial charge in [-0.2, -0.15) is 0 Å². The summed E-state index contributed by atoms with van der Waals surface area (Å²) < 4.78 is 15.8. The summed E-state index contributed by atoms with van der Waals surface area (Å²) in [5.74, 6) is -0.311. The van der Waals surface area contributed by atoms with E-state index in [9.17, 15) is 4.79 Å². The summed E-state index contributed by atoms with van der Waals surface area (Å²) in [6.07, 6.45) is 2.44. The van der Waals surface area contributed by atoms with E-state index >= 15 is 0 Å². The Morgan fingerprint density at radius 2 is 2.22 bits per heavy atom. The van der Waals surface area contributed by atoms with E-state index in [0.29, 0.717) is 12.3 Å². The Kier molecular flexibility index (Phi) is 4.78. The number of rotatable bonds is 5. The number of aryl methyl sites for hydroxylation is 1. The Balaban J connectivity index is 1.80. The van der Waals surface area contributed by atoms with Crippen LogP contribution in [0.15, 0.2) is 12.1 Å². The van der Waals surface area contributed by atoms with E-state index in [0.717, 1.165) is 38.2 Å². The normalized spacial score (nSPS) is 16.7. The molecule has 100 valence electrons. The minimum absolute atomic E-state index is 0.118. The number of ether oxygens (including phenoxy) is 3. The molecule has 2 rings (SSSR count). The van der Waals surface area contributed by atoms with Crippen LogP contribution in [0.1, 0.15) is 35.9 Å². The average Bonchev–Trinajstić information content (AvgIpc) is 2.87. The van der Waals surface area contributed by atoms with Crippen molar-refractivity contribution >= 4 is 5.97 Å². The fourth-order valence-corrected chi connectivity index (χ4v) is 1.89. The molecule has 0 unspecified atom stereocenters. The SMILES string of the molecule is CCOC(=O)c1ccc(CCC2OCCCO2)[nH]1. The first-order valence-electron chi connectivity index (χ1n) is 6.38. The van der Waals surface area contributed by atoms with Crippen LogP contribution in [-0.2, 0) is 20.6 Å². The van der Waals surface area contributed by atoms with Gasteiger partial charge in [0.25, 0.3) is 0 Å².